The highest BCUT2D eigenvalue weighted by molar-refractivity contribution is 5.90. The van der Waals surface area contributed by atoms with E-state index in [0.29, 0.717) is 36.8 Å². The number of hydrogen-bond donors (Lipinski definition) is 4. The summed E-state index contributed by atoms with van der Waals surface area (Å²) < 4.78 is 33.1. The fourth-order valence-electron chi connectivity index (χ4n) is 4.96. The van der Waals surface area contributed by atoms with E-state index in [-0.39, 0.29) is 17.7 Å². The molecular weight excluding hydrogens is 654 g/mol. The van der Waals surface area contributed by atoms with Gasteiger partial charge in [0.1, 0.15) is 17.7 Å². The fraction of sp³-hybridized carbons (Fsp3) is 0.297. The summed E-state index contributed by atoms with van der Waals surface area (Å²) in [4.78, 5) is 43.2. The van der Waals surface area contributed by atoms with E-state index in [1.165, 1.54) is 29.8 Å². The summed E-state index contributed by atoms with van der Waals surface area (Å²) >= 11 is 0. The molecule has 1 atom stereocenters. The molecule has 11 nitrogen and oxygen atoms in total. The quantitative estimate of drug-likeness (QED) is 0.168. The van der Waals surface area contributed by atoms with Gasteiger partial charge in [-0.25, -0.2) is 28.0 Å². The third kappa shape index (κ3) is 17.8. The van der Waals surface area contributed by atoms with E-state index in [2.05, 4.69) is 47.1 Å². The second kappa shape index (κ2) is 22.4. The Balaban J connectivity index is 0.000000450. The van der Waals surface area contributed by atoms with Crippen LogP contribution in [0.3, 0.4) is 0 Å². The minimum absolute atomic E-state index is 0.280. The van der Waals surface area contributed by atoms with Gasteiger partial charge in [0.2, 0.25) is 0 Å². The summed E-state index contributed by atoms with van der Waals surface area (Å²) in [5.74, 6) is -4.96. The van der Waals surface area contributed by atoms with Crippen LogP contribution in [0.4, 0.5) is 8.78 Å². The van der Waals surface area contributed by atoms with Gasteiger partial charge < -0.3 is 30.1 Å². The van der Waals surface area contributed by atoms with E-state index in [1.54, 1.807) is 24.3 Å². The molecule has 1 aliphatic rings. The number of aliphatic carboxylic acids is 4. The van der Waals surface area contributed by atoms with Crippen molar-refractivity contribution >= 4 is 23.9 Å². The summed E-state index contributed by atoms with van der Waals surface area (Å²) in [6, 6.07) is 23.4. The summed E-state index contributed by atoms with van der Waals surface area (Å²) in [5, 5.41) is 31.2. The van der Waals surface area contributed by atoms with Gasteiger partial charge in [-0.3, -0.25) is 4.90 Å². The van der Waals surface area contributed by atoms with Crippen LogP contribution in [0.15, 0.2) is 103 Å². The first-order valence-electron chi connectivity index (χ1n) is 15.7. The minimum Gasteiger partial charge on any atom is -0.478 e. The smallest absolute Gasteiger partial charge is 0.328 e. The van der Waals surface area contributed by atoms with Crippen LogP contribution in [-0.4, -0.2) is 100.0 Å². The van der Waals surface area contributed by atoms with Crippen molar-refractivity contribution in [3.05, 3.63) is 131 Å². The highest BCUT2D eigenvalue weighted by atomic mass is 19.1. The second-order valence-corrected chi connectivity index (χ2v) is 11.3. The number of halogens is 2. The van der Waals surface area contributed by atoms with Crippen molar-refractivity contribution in [3.63, 3.8) is 0 Å². The monoisotopic (exact) mass is 696 g/mol. The molecule has 1 heterocycles. The van der Waals surface area contributed by atoms with Gasteiger partial charge in [-0.1, -0.05) is 61.5 Å². The van der Waals surface area contributed by atoms with Crippen LogP contribution in [0.25, 0.3) is 0 Å². The van der Waals surface area contributed by atoms with Gasteiger partial charge in [0.15, 0.2) is 0 Å². The first kappa shape index (κ1) is 40.9. The van der Waals surface area contributed by atoms with Gasteiger partial charge in [0, 0.05) is 63.6 Å². The molecule has 4 N–H and O–H groups in total. The third-order valence-corrected chi connectivity index (χ3v) is 7.24. The molecule has 268 valence electrons. The average Bonchev–Trinajstić information content (AvgIpc) is 3.08. The molecule has 3 aromatic rings. The molecule has 0 saturated carbocycles. The average molecular weight is 697 g/mol. The standard InChI is InChI=1S/C29H34F2N2O.2C4H4O4/c1-23(21-24-5-3-2-4-6-24)22-33-17-15-32(16-18-33)19-20-34-29(25-7-11-27(30)12-8-25)26-9-13-28(31)14-10-26;2*5-3(6)1-2-4(7)8/h2-14,23,29H,15-22H2,1H3;2*1-2H,(H,5,6)(H,7,8)/b;2*2-1-/t23-;;/m0../s1. The Morgan fingerprint density at radius 3 is 1.46 bits per heavy atom. The summed E-state index contributed by atoms with van der Waals surface area (Å²) in [7, 11) is 0. The topological polar surface area (TPSA) is 165 Å². The van der Waals surface area contributed by atoms with Crippen LogP contribution in [0, 0.1) is 17.6 Å². The van der Waals surface area contributed by atoms with E-state index in [1.807, 2.05) is 0 Å². The minimum atomic E-state index is -1.26. The predicted octanol–water partition coefficient (Wildman–Crippen LogP) is 4.99. The van der Waals surface area contributed by atoms with Crippen LogP contribution < -0.4 is 0 Å². The van der Waals surface area contributed by atoms with E-state index in [0.717, 1.165) is 56.8 Å². The van der Waals surface area contributed by atoms with Crippen molar-refractivity contribution in [2.75, 3.05) is 45.9 Å². The Bertz CT molecular complexity index is 1430. The van der Waals surface area contributed by atoms with Crippen molar-refractivity contribution in [2.24, 2.45) is 5.92 Å². The lowest BCUT2D eigenvalue weighted by molar-refractivity contribution is -0.134. The third-order valence-electron chi connectivity index (χ3n) is 7.24. The summed E-state index contributed by atoms with van der Waals surface area (Å²) in [5.41, 5.74) is 3.14. The molecule has 1 saturated heterocycles. The van der Waals surface area contributed by atoms with Crippen molar-refractivity contribution in [1.82, 2.24) is 9.80 Å². The maximum atomic E-state index is 13.4. The molecule has 0 unspecified atom stereocenters. The lowest BCUT2D eigenvalue weighted by atomic mass is 10.0. The Labute approximate surface area is 289 Å². The normalized spacial score (nSPS) is 14.0. The number of hydrogen-bond acceptors (Lipinski definition) is 7. The largest absolute Gasteiger partial charge is 0.478 e. The molecule has 1 fully saturated rings. The number of rotatable bonds is 14. The highest BCUT2D eigenvalue weighted by Crippen LogP contribution is 2.26. The summed E-state index contributed by atoms with van der Waals surface area (Å²) in [6.07, 6.45) is 3.00. The molecule has 0 bridgehead atoms. The highest BCUT2D eigenvalue weighted by Gasteiger charge is 2.20. The molecular formula is C37H42F2N2O9. The maximum Gasteiger partial charge on any atom is 0.328 e. The van der Waals surface area contributed by atoms with Gasteiger partial charge in [-0.05, 0) is 53.3 Å². The molecule has 0 radical (unpaired) electrons. The van der Waals surface area contributed by atoms with Crippen LogP contribution >= 0.6 is 0 Å². The first-order chi connectivity index (χ1) is 23.8. The van der Waals surface area contributed by atoms with Crippen LogP contribution in [0.1, 0.15) is 29.7 Å². The first-order valence-corrected chi connectivity index (χ1v) is 15.7. The summed E-state index contributed by atoms with van der Waals surface area (Å²) in [6.45, 7) is 9.04. The second-order valence-electron chi connectivity index (χ2n) is 11.3. The Morgan fingerprint density at radius 2 is 1.06 bits per heavy atom. The van der Waals surface area contributed by atoms with Crippen molar-refractivity contribution in [2.45, 2.75) is 19.4 Å². The molecule has 50 heavy (non-hydrogen) atoms. The van der Waals surface area contributed by atoms with Crippen molar-refractivity contribution in [3.8, 4) is 0 Å². The van der Waals surface area contributed by atoms with Crippen LogP contribution in [0.5, 0.6) is 0 Å². The van der Waals surface area contributed by atoms with Gasteiger partial charge in [0.25, 0.3) is 0 Å². The Morgan fingerprint density at radius 1 is 0.660 bits per heavy atom. The molecule has 3 aromatic carbocycles. The number of benzene rings is 3. The molecule has 0 aromatic heterocycles. The van der Waals surface area contributed by atoms with E-state index in [4.69, 9.17) is 25.2 Å². The maximum absolute atomic E-state index is 13.4. The van der Waals surface area contributed by atoms with E-state index < -0.39 is 23.9 Å². The zero-order valence-electron chi connectivity index (χ0n) is 27.6. The van der Waals surface area contributed by atoms with E-state index >= 15 is 0 Å². The van der Waals surface area contributed by atoms with Crippen molar-refractivity contribution in [1.29, 1.82) is 0 Å². The number of piperazine rings is 1. The number of carboxylic acid groups (broad SMARTS) is 4. The Kier molecular flexibility index (Phi) is 18.3. The number of nitrogens with zero attached hydrogens (tertiary/aromatic N) is 2. The predicted molar refractivity (Wildman–Crippen MR) is 182 cm³/mol. The molecule has 0 aliphatic carbocycles. The molecule has 0 spiro atoms. The molecule has 1 aliphatic heterocycles. The van der Waals surface area contributed by atoms with Crippen LogP contribution in [-0.2, 0) is 30.3 Å². The zero-order valence-corrected chi connectivity index (χ0v) is 27.6. The van der Waals surface area contributed by atoms with Crippen LogP contribution in [0.2, 0.25) is 0 Å². The molecule has 13 heteroatoms. The lowest BCUT2D eigenvalue weighted by Crippen LogP contribution is -2.48. The lowest BCUT2D eigenvalue weighted by Gasteiger charge is -2.36. The van der Waals surface area contributed by atoms with Crippen molar-refractivity contribution < 1.29 is 53.1 Å². The van der Waals surface area contributed by atoms with Gasteiger partial charge in [0.05, 0.1) is 6.61 Å². The number of carbonyl (C=O) groups is 4. The van der Waals surface area contributed by atoms with E-state index in [9.17, 15) is 28.0 Å². The number of ether oxygens (including phenoxy) is 1. The number of carboxylic acids is 4. The molecule has 0 amide bonds. The SMILES string of the molecule is C[C@@H](Cc1ccccc1)CN1CCN(CCOC(c2ccc(F)cc2)c2ccc(F)cc2)CC1.O=C(O)/C=C\C(=O)O.O=C(O)/C=C\C(=O)O. The molecule has 4 rings (SSSR count). The van der Waals surface area contributed by atoms with Gasteiger partial charge >= 0.3 is 23.9 Å². The Hall–Kier alpha value is -5.24. The van der Waals surface area contributed by atoms with Gasteiger partial charge in [-0.2, -0.15) is 0 Å². The van der Waals surface area contributed by atoms with Gasteiger partial charge in [-0.15, -0.1) is 0 Å². The fourth-order valence-corrected chi connectivity index (χ4v) is 4.96. The zero-order chi connectivity index (χ0) is 36.9.